The number of rotatable bonds is 4. The highest BCUT2D eigenvalue weighted by atomic mass is 32.2. The summed E-state index contributed by atoms with van der Waals surface area (Å²) in [6.07, 6.45) is 4.16. The first kappa shape index (κ1) is 18.7. The molecule has 4 rings (SSSR count). The standard InChI is InChI=1S/C24H21FN2S/c1-16-6-10-18(11-7-16)23-21-5-3-2-4-20(21)22(14-26)24(27-23)28-15-17-8-12-19(25)13-9-17/h6-13H,2-5,15H2,1H3. The first-order chi connectivity index (χ1) is 13.7. The monoisotopic (exact) mass is 388 g/mol. The molecule has 1 aliphatic rings. The summed E-state index contributed by atoms with van der Waals surface area (Å²) in [5.41, 5.74) is 7.48. The summed E-state index contributed by atoms with van der Waals surface area (Å²) in [5.74, 6) is 0.425. The largest absolute Gasteiger partial charge is 0.240 e. The van der Waals surface area contributed by atoms with Crippen LogP contribution in [0.25, 0.3) is 11.3 Å². The summed E-state index contributed by atoms with van der Waals surface area (Å²) >= 11 is 1.56. The Labute approximate surface area is 169 Å². The van der Waals surface area contributed by atoms with Gasteiger partial charge >= 0.3 is 0 Å². The van der Waals surface area contributed by atoms with Crippen LogP contribution in [0.3, 0.4) is 0 Å². The van der Waals surface area contributed by atoms with Crippen molar-refractivity contribution in [2.45, 2.75) is 43.4 Å². The third-order valence-corrected chi connectivity index (χ3v) is 6.25. The second kappa shape index (κ2) is 8.16. The fourth-order valence-electron chi connectivity index (χ4n) is 3.70. The molecule has 0 atom stereocenters. The number of benzene rings is 2. The van der Waals surface area contributed by atoms with Gasteiger partial charge in [-0.05, 0) is 61.4 Å². The molecule has 2 aromatic carbocycles. The molecule has 4 heteroatoms. The average Bonchev–Trinajstić information content (AvgIpc) is 2.73. The van der Waals surface area contributed by atoms with Gasteiger partial charge in [0.2, 0.25) is 0 Å². The zero-order valence-corrected chi connectivity index (χ0v) is 16.7. The maximum Gasteiger partial charge on any atom is 0.123 e. The minimum atomic E-state index is -0.236. The third-order valence-electron chi connectivity index (χ3n) is 5.21. The molecule has 2 nitrogen and oxygen atoms in total. The molecule has 0 bridgehead atoms. The van der Waals surface area contributed by atoms with Gasteiger partial charge in [0.05, 0.1) is 11.3 Å². The van der Waals surface area contributed by atoms with Gasteiger partial charge in [-0.2, -0.15) is 5.26 Å². The first-order valence-corrected chi connectivity index (χ1v) is 10.5. The van der Waals surface area contributed by atoms with Crippen LogP contribution in [0, 0.1) is 24.1 Å². The zero-order valence-electron chi connectivity index (χ0n) is 15.8. The molecule has 0 radical (unpaired) electrons. The van der Waals surface area contributed by atoms with E-state index in [0.29, 0.717) is 5.75 Å². The van der Waals surface area contributed by atoms with Crippen molar-refractivity contribution in [2.75, 3.05) is 0 Å². The highest BCUT2D eigenvalue weighted by molar-refractivity contribution is 7.98. The second-order valence-electron chi connectivity index (χ2n) is 7.20. The van der Waals surface area contributed by atoms with Gasteiger partial charge < -0.3 is 0 Å². The van der Waals surface area contributed by atoms with E-state index in [1.165, 1.54) is 28.8 Å². The Hall–Kier alpha value is -2.64. The third kappa shape index (κ3) is 3.81. The van der Waals surface area contributed by atoms with Crippen LogP contribution in [0.15, 0.2) is 53.6 Å². The number of pyridine rings is 1. The summed E-state index contributed by atoms with van der Waals surface area (Å²) < 4.78 is 13.2. The number of fused-ring (bicyclic) bond motifs is 1. The smallest absolute Gasteiger partial charge is 0.123 e. The van der Waals surface area contributed by atoms with Crippen molar-refractivity contribution < 1.29 is 4.39 Å². The number of nitriles is 1. The van der Waals surface area contributed by atoms with Crippen LogP contribution < -0.4 is 0 Å². The maximum absolute atomic E-state index is 13.2. The van der Waals surface area contributed by atoms with Crippen molar-refractivity contribution in [2.24, 2.45) is 0 Å². The van der Waals surface area contributed by atoms with E-state index in [4.69, 9.17) is 4.98 Å². The van der Waals surface area contributed by atoms with E-state index < -0.39 is 0 Å². The number of hydrogen-bond acceptors (Lipinski definition) is 3. The Balaban J connectivity index is 1.76. The molecular weight excluding hydrogens is 367 g/mol. The van der Waals surface area contributed by atoms with Crippen molar-refractivity contribution in [1.29, 1.82) is 5.26 Å². The van der Waals surface area contributed by atoms with Gasteiger partial charge in [-0.25, -0.2) is 9.37 Å². The maximum atomic E-state index is 13.2. The second-order valence-corrected chi connectivity index (χ2v) is 8.16. The lowest BCUT2D eigenvalue weighted by molar-refractivity contribution is 0.627. The fraction of sp³-hybridized carbons (Fsp3) is 0.250. The normalized spacial score (nSPS) is 13.0. The Bertz CT molecular complexity index is 1030. The number of aryl methyl sites for hydroxylation is 1. The molecule has 0 N–H and O–H groups in total. The summed E-state index contributed by atoms with van der Waals surface area (Å²) in [4.78, 5) is 4.96. The first-order valence-electron chi connectivity index (χ1n) is 9.56. The number of halogens is 1. The molecule has 1 aromatic heterocycles. The van der Waals surface area contributed by atoms with E-state index >= 15 is 0 Å². The van der Waals surface area contributed by atoms with Gasteiger partial charge in [-0.15, -0.1) is 11.8 Å². The van der Waals surface area contributed by atoms with Crippen molar-refractivity contribution >= 4 is 11.8 Å². The van der Waals surface area contributed by atoms with E-state index in [1.807, 2.05) is 0 Å². The molecule has 1 aliphatic carbocycles. The molecule has 0 aliphatic heterocycles. The molecule has 0 amide bonds. The van der Waals surface area contributed by atoms with E-state index in [2.05, 4.69) is 37.3 Å². The van der Waals surface area contributed by atoms with E-state index in [0.717, 1.165) is 53.1 Å². The summed E-state index contributed by atoms with van der Waals surface area (Å²) in [5, 5.41) is 10.6. The van der Waals surface area contributed by atoms with Crippen molar-refractivity contribution in [3.05, 3.63) is 82.2 Å². The Morgan fingerprint density at radius 3 is 2.36 bits per heavy atom. The van der Waals surface area contributed by atoms with Crippen molar-refractivity contribution in [3.63, 3.8) is 0 Å². The van der Waals surface area contributed by atoms with Gasteiger partial charge in [0, 0.05) is 11.3 Å². The lowest BCUT2D eigenvalue weighted by atomic mass is 9.86. The molecule has 0 unspecified atom stereocenters. The molecule has 0 saturated heterocycles. The van der Waals surface area contributed by atoms with Crippen LogP contribution in [-0.2, 0) is 18.6 Å². The molecule has 28 heavy (non-hydrogen) atoms. The fourth-order valence-corrected chi connectivity index (χ4v) is 4.66. The summed E-state index contributed by atoms with van der Waals surface area (Å²) in [7, 11) is 0. The lowest BCUT2D eigenvalue weighted by Crippen LogP contribution is -2.10. The van der Waals surface area contributed by atoms with Crippen LogP contribution in [0.1, 0.15) is 40.7 Å². The Morgan fingerprint density at radius 2 is 1.68 bits per heavy atom. The molecule has 1 heterocycles. The minimum absolute atomic E-state index is 0.236. The van der Waals surface area contributed by atoms with Crippen LogP contribution in [0.2, 0.25) is 0 Å². The summed E-state index contributed by atoms with van der Waals surface area (Å²) in [6, 6.07) is 17.4. The van der Waals surface area contributed by atoms with Crippen LogP contribution in [0.5, 0.6) is 0 Å². The topological polar surface area (TPSA) is 36.7 Å². The van der Waals surface area contributed by atoms with E-state index in [-0.39, 0.29) is 5.82 Å². The molecule has 0 spiro atoms. The lowest BCUT2D eigenvalue weighted by Gasteiger charge is -2.22. The van der Waals surface area contributed by atoms with Gasteiger partial charge in [0.15, 0.2) is 0 Å². The van der Waals surface area contributed by atoms with E-state index in [9.17, 15) is 9.65 Å². The van der Waals surface area contributed by atoms with Crippen LogP contribution >= 0.6 is 11.8 Å². The average molecular weight is 389 g/mol. The number of hydrogen-bond donors (Lipinski definition) is 0. The van der Waals surface area contributed by atoms with Crippen molar-refractivity contribution in [3.8, 4) is 17.3 Å². The molecule has 0 fully saturated rings. The van der Waals surface area contributed by atoms with Crippen LogP contribution in [0.4, 0.5) is 4.39 Å². The SMILES string of the molecule is Cc1ccc(-c2nc(SCc3ccc(F)cc3)c(C#N)c3c2CCCC3)cc1. The quantitative estimate of drug-likeness (QED) is 0.497. The van der Waals surface area contributed by atoms with Crippen LogP contribution in [-0.4, -0.2) is 4.98 Å². The molecule has 3 aromatic rings. The summed E-state index contributed by atoms with van der Waals surface area (Å²) in [6.45, 7) is 2.08. The van der Waals surface area contributed by atoms with E-state index in [1.54, 1.807) is 23.9 Å². The number of thioether (sulfide) groups is 1. The highest BCUT2D eigenvalue weighted by Gasteiger charge is 2.23. The minimum Gasteiger partial charge on any atom is -0.240 e. The zero-order chi connectivity index (χ0) is 19.5. The van der Waals surface area contributed by atoms with Gasteiger partial charge in [-0.3, -0.25) is 0 Å². The predicted octanol–water partition coefficient (Wildman–Crippen LogP) is 6.24. The highest BCUT2D eigenvalue weighted by Crippen LogP contribution is 2.37. The van der Waals surface area contributed by atoms with Gasteiger partial charge in [0.1, 0.15) is 16.9 Å². The molecule has 140 valence electrons. The van der Waals surface area contributed by atoms with Gasteiger partial charge in [0.25, 0.3) is 0 Å². The Kier molecular flexibility index (Phi) is 5.45. The predicted molar refractivity (Wildman–Crippen MR) is 112 cm³/mol. The number of aromatic nitrogens is 1. The number of nitrogens with zero attached hydrogens (tertiary/aromatic N) is 2. The molecular formula is C24H21FN2S. The Morgan fingerprint density at radius 1 is 1.00 bits per heavy atom. The molecule has 0 saturated carbocycles. The van der Waals surface area contributed by atoms with Gasteiger partial charge in [-0.1, -0.05) is 42.0 Å². The van der Waals surface area contributed by atoms with Crippen molar-refractivity contribution in [1.82, 2.24) is 4.98 Å².